The molecule has 0 spiro atoms. The minimum Gasteiger partial charge on any atom is -0.489 e. The van der Waals surface area contributed by atoms with Crippen LogP contribution in [0.5, 0.6) is 5.75 Å². The van der Waals surface area contributed by atoms with Crippen molar-refractivity contribution in [1.82, 2.24) is 0 Å². The molecule has 5 heteroatoms. The molecule has 0 fully saturated rings. The summed E-state index contributed by atoms with van der Waals surface area (Å²) >= 11 is 6.11. The van der Waals surface area contributed by atoms with Gasteiger partial charge in [0.05, 0.1) is 0 Å². The van der Waals surface area contributed by atoms with Gasteiger partial charge in [-0.25, -0.2) is 4.79 Å². The smallest absolute Gasteiger partial charge is 0.333 e. The van der Waals surface area contributed by atoms with E-state index < -0.39 is 12.1 Å². The van der Waals surface area contributed by atoms with Crippen LogP contribution >= 0.6 is 11.6 Å². The average Bonchev–Trinajstić information content (AvgIpc) is 2.62. The van der Waals surface area contributed by atoms with E-state index in [0.717, 1.165) is 21.5 Å². The van der Waals surface area contributed by atoms with E-state index in [9.17, 15) is 9.90 Å². The normalized spacial score (nSPS) is 12.1. The van der Waals surface area contributed by atoms with Crippen molar-refractivity contribution >= 4 is 39.1 Å². The maximum absolute atomic E-state index is 11.4. The van der Waals surface area contributed by atoms with E-state index in [0.29, 0.717) is 10.8 Å². The van der Waals surface area contributed by atoms with Gasteiger partial charge in [0.2, 0.25) is 0 Å². The van der Waals surface area contributed by atoms with Crippen molar-refractivity contribution in [2.75, 3.05) is 13.2 Å². The molecule has 0 aliphatic rings. The lowest BCUT2D eigenvalue weighted by atomic mass is 10.0. The molecule has 0 aliphatic heterocycles. The minimum absolute atomic E-state index is 0.00476. The fourth-order valence-electron chi connectivity index (χ4n) is 2.68. The van der Waals surface area contributed by atoms with Gasteiger partial charge in [-0.05, 0) is 42.0 Å². The lowest BCUT2D eigenvalue weighted by Gasteiger charge is -2.16. The number of esters is 1. The van der Waals surface area contributed by atoms with Crippen LogP contribution in [0.2, 0.25) is 5.02 Å². The Kier molecular flexibility index (Phi) is 5.45. The number of aliphatic hydroxyl groups is 1. The molecule has 134 valence electrons. The minimum atomic E-state index is -0.945. The number of carbonyl (C=O) groups is 1. The van der Waals surface area contributed by atoms with Gasteiger partial charge in [-0.3, -0.25) is 0 Å². The number of ether oxygens (including phenoxy) is 2. The van der Waals surface area contributed by atoms with Crippen LogP contribution in [0, 0.1) is 0 Å². The summed E-state index contributed by atoms with van der Waals surface area (Å²) in [6.07, 6.45) is -0.945. The number of fused-ring (bicyclic) bond motifs is 2. The topological polar surface area (TPSA) is 55.8 Å². The molecule has 4 nitrogen and oxygen atoms in total. The number of hydrogen-bond donors (Lipinski definition) is 1. The highest BCUT2D eigenvalue weighted by Crippen LogP contribution is 2.36. The number of hydrogen-bond acceptors (Lipinski definition) is 4. The number of halogens is 1. The molecular formula is C21H19ClO4. The molecule has 26 heavy (non-hydrogen) atoms. The zero-order chi connectivity index (χ0) is 18.7. The summed E-state index contributed by atoms with van der Waals surface area (Å²) in [6.45, 7) is 4.90. The van der Waals surface area contributed by atoms with Gasteiger partial charge in [-0.1, -0.05) is 42.4 Å². The second kappa shape index (κ2) is 7.77. The van der Waals surface area contributed by atoms with Crippen molar-refractivity contribution < 1.29 is 19.4 Å². The standard InChI is InChI=1S/C21H19ClO4/c1-13(2)21(24)26-12-17(23)11-25-20-18-6-4-3-5-14(18)9-15-10-16(22)7-8-19(15)20/h3-10,17,23H,1,11-12H2,2H3. The number of benzene rings is 3. The second-order valence-electron chi connectivity index (χ2n) is 6.14. The molecule has 0 bridgehead atoms. The molecule has 3 aromatic carbocycles. The Morgan fingerprint density at radius 3 is 2.62 bits per heavy atom. The summed E-state index contributed by atoms with van der Waals surface area (Å²) in [5, 5.41) is 14.5. The van der Waals surface area contributed by atoms with Gasteiger partial charge in [0, 0.05) is 21.4 Å². The van der Waals surface area contributed by atoms with E-state index in [-0.39, 0.29) is 18.8 Å². The van der Waals surface area contributed by atoms with E-state index in [4.69, 9.17) is 21.1 Å². The molecule has 0 aromatic heterocycles. The molecular weight excluding hydrogens is 352 g/mol. The van der Waals surface area contributed by atoms with Crippen LogP contribution in [0.1, 0.15) is 6.92 Å². The van der Waals surface area contributed by atoms with Crippen LogP contribution in [0.4, 0.5) is 0 Å². The van der Waals surface area contributed by atoms with Gasteiger partial charge < -0.3 is 14.6 Å². The van der Waals surface area contributed by atoms with Crippen LogP contribution < -0.4 is 4.74 Å². The Hall–Kier alpha value is -2.56. The quantitative estimate of drug-likeness (QED) is 0.394. The Balaban J connectivity index is 1.86. The fourth-order valence-corrected chi connectivity index (χ4v) is 2.86. The molecule has 0 aliphatic carbocycles. The van der Waals surface area contributed by atoms with Crippen LogP contribution in [0.15, 0.2) is 60.7 Å². The summed E-state index contributed by atoms with van der Waals surface area (Å²) in [5.41, 5.74) is 0.287. The van der Waals surface area contributed by atoms with Crippen molar-refractivity contribution in [3.05, 3.63) is 65.7 Å². The first-order valence-electron chi connectivity index (χ1n) is 8.20. The van der Waals surface area contributed by atoms with E-state index >= 15 is 0 Å². The summed E-state index contributed by atoms with van der Waals surface area (Å²) in [5.74, 6) is 0.134. The Labute approximate surface area is 156 Å². The fraction of sp³-hybridized carbons (Fsp3) is 0.190. The molecule has 1 N–H and O–H groups in total. The lowest BCUT2D eigenvalue weighted by Crippen LogP contribution is -2.25. The van der Waals surface area contributed by atoms with Crippen molar-refractivity contribution in [3.8, 4) is 5.75 Å². The molecule has 0 saturated heterocycles. The molecule has 0 saturated carbocycles. The zero-order valence-electron chi connectivity index (χ0n) is 14.4. The zero-order valence-corrected chi connectivity index (χ0v) is 15.1. The maximum atomic E-state index is 11.4. The van der Waals surface area contributed by atoms with Crippen LogP contribution in [-0.2, 0) is 9.53 Å². The van der Waals surface area contributed by atoms with Gasteiger partial charge in [0.15, 0.2) is 0 Å². The molecule has 3 aromatic rings. The van der Waals surface area contributed by atoms with E-state index in [1.807, 2.05) is 36.4 Å². The first-order chi connectivity index (χ1) is 12.5. The summed E-state index contributed by atoms with van der Waals surface area (Å²) < 4.78 is 10.9. The first-order valence-corrected chi connectivity index (χ1v) is 8.58. The summed E-state index contributed by atoms with van der Waals surface area (Å²) in [4.78, 5) is 11.4. The predicted molar refractivity (Wildman–Crippen MR) is 104 cm³/mol. The molecule has 1 atom stereocenters. The number of rotatable bonds is 6. The number of carbonyl (C=O) groups excluding carboxylic acids is 1. The lowest BCUT2D eigenvalue weighted by molar-refractivity contribution is -0.142. The maximum Gasteiger partial charge on any atom is 0.333 e. The van der Waals surface area contributed by atoms with Crippen molar-refractivity contribution in [3.63, 3.8) is 0 Å². The van der Waals surface area contributed by atoms with E-state index in [2.05, 4.69) is 12.6 Å². The third-order valence-corrected chi connectivity index (χ3v) is 4.19. The Morgan fingerprint density at radius 1 is 1.12 bits per heavy atom. The van der Waals surface area contributed by atoms with Gasteiger partial charge in [-0.15, -0.1) is 0 Å². The highest BCUT2D eigenvalue weighted by Gasteiger charge is 2.14. The van der Waals surface area contributed by atoms with E-state index in [1.54, 1.807) is 13.0 Å². The van der Waals surface area contributed by atoms with E-state index in [1.165, 1.54) is 0 Å². The first kappa shape index (κ1) is 18.2. The average molecular weight is 371 g/mol. The Morgan fingerprint density at radius 2 is 1.85 bits per heavy atom. The molecule has 3 rings (SSSR count). The molecule has 1 unspecified atom stereocenters. The van der Waals surface area contributed by atoms with Gasteiger partial charge in [0.1, 0.15) is 25.1 Å². The third kappa shape index (κ3) is 3.98. The van der Waals surface area contributed by atoms with Gasteiger partial charge in [0.25, 0.3) is 0 Å². The van der Waals surface area contributed by atoms with Crippen molar-refractivity contribution in [1.29, 1.82) is 0 Å². The number of aliphatic hydroxyl groups excluding tert-OH is 1. The highest BCUT2D eigenvalue weighted by molar-refractivity contribution is 6.31. The molecule has 0 radical (unpaired) electrons. The third-order valence-electron chi connectivity index (χ3n) is 3.95. The second-order valence-corrected chi connectivity index (χ2v) is 6.57. The van der Waals surface area contributed by atoms with Gasteiger partial charge in [-0.2, -0.15) is 0 Å². The van der Waals surface area contributed by atoms with Crippen LogP contribution in [-0.4, -0.2) is 30.4 Å². The van der Waals surface area contributed by atoms with Crippen molar-refractivity contribution in [2.24, 2.45) is 0 Å². The van der Waals surface area contributed by atoms with Gasteiger partial charge >= 0.3 is 5.97 Å². The summed E-state index contributed by atoms with van der Waals surface area (Å²) in [6, 6.07) is 15.5. The van der Waals surface area contributed by atoms with Crippen LogP contribution in [0.3, 0.4) is 0 Å². The van der Waals surface area contributed by atoms with Crippen molar-refractivity contribution in [2.45, 2.75) is 13.0 Å². The molecule has 0 heterocycles. The monoisotopic (exact) mass is 370 g/mol. The SMILES string of the molecule is C=C(C)C(=O)OCC(O)COc1c2ccccc2cc2cc(Cl)ccc12. The Bertz CT molecular complexity index is 980. The predicted octanol–water partition coefficient (Wildman–Crippen LogP) is 4.51. The van der Waals surface area contributed by atoms with Crippen LogP contribution in [0.25, 0.3) is 21.5 Å². The highest BCUT2D eigenvalue weighted by atomic mass is 35.5. The molecule has 0 amide bonds. The largest absolute Gasteiger partial charge is 0.489 e. The summed E-state index contributed by atoms with van der Waals surface area (Å²) in [7, 11) is 0.